The molecule has 0 amide bonds. The van der Waals surface area contributed by atoms with Crippen LogP contribution in [-0.4, -0.2) is 25.5 Å². The quantitative estimate of drug-likeness (QED) is 0.800. The highest BCUT2D eigenvalue weighted by Gasteiger charge is 2.41. The molecular weight excluding hydrogens is 238 g/mol. The number of ketones is 1. The van der Waals surface area contributed by atoms with Gasteiger partial charge in [-0.15, -0.1) is 0 Å². The second-order valence-electron chi connectivity index (χ2n) is 5.22. The summed E-state index contributed by atoms with van der Waals surface area (Å²) in [5.74, 6) is 0.959. The molecule has 1 aliphatic rings. The van der Waals surface area contributed by atoms with Crippen LogP contribution in [0.15, 0.2) is 24.3 Å². The highest BCUT2D eigenvalue weighted by Crippen LogP contribution is 2.37. The minimum Gasteiger partial charge on any atom is -0.493 e. The molecule has 1 fully saturated rings. The SMILES string of the molecule is CCCC1(C(=O)c2ccccc2OCC)CCNC1. The average Bonchev–Trinajstić information content (AvgIpc) is 2.89. The first-order valence-corrected chi connectivity index (χ1v) is 7.21. The molecule has 1 N–H and O–H groups in total. The normalized spacial score (nSPS) is 22.4. The minimum atomic E-state index is -0.234. The Hall–Kier alpha value is -1.35. The van der Waals surface area contributed by atoms with Gasteiger partial charge in [-0.2, -0.15) is 0 Å². The number of nitrogens with one attached hydrogen (secondary N) is 1. The number of carbonyl (C=O) groups excluding carboxylic acids is 1. The molecule has 1 aliphatic heterocycles. The molecule has 104 valence electrons. The van der Waals surface area contributed by atoms with Gasteiger partial charge in [-0.3, -0.25) is 4.79 Å². The van der Waals surface area contributed by atoms with Crippen molar-refractivity contribution in [2.75, 3.05) is 19.7 Å². The Labute approximate surface area is 115 Å². The van der Waals surface area contributed by atoms with Crippen molar-refractivity contribution in [1.82, 2.24) is 5.32 Å². The molecule has 0 aliphatic carbocycles. The molecule has 1 unspecified atom stereocenters. The van der Waals surface area contributed by atoms with E-state index in [0.717, 1.165) is 43.7 Å². The maximum atomic E-state index is 12.9. The molecule has 3 heteroatoms. The second-order valence-corrected chi connectivity index (χ2v) is 5.22. The van der Waals surface area contributed by atoms with Crippen LogP contribution < -0.4 is 10.1 Å². The van der Waals surface area contributed by atoms with Gasteiger partial charge in [0.25, 0.3) is 0 Å². The number of hydrogen-bond acceptors (Lipinski definition) is 3. The number of ether oxygens (including phenoxy) is 1. The molecule has 1 aromatic carbocycles. The monoisotopic (exact) mass is 261 g/mol. The van der Waals surface area contributed by atoms with Crippen molar-refractivity contribution < 1.29 is 9.53 Å². The van der Waals surface area contributed by atoms with Gasteiger partial charge in [0.15, 0.2) is 5.78 Å². The van der Waals surface area contributed by atoms with E-state index in [1.54, 1.807) is 0 Å². The van der Waals surface area contributed by atoms with E-state index >= 15 is 0 Å². The van der Waals surface area contributed by atoms with Gasteiger partial charge in [0.1, 0.15) is 5.75 Å². The fourth-order valence-corrected chi connectivity index (χ4v) is 2.96. The van der Waals surface area contributed by atoms with Crippen molar-refractivity contribution in [3.05, 3.63) is 29.8 Å². The lowest BCUT2D eigenvalue weighted by Gasteiger charge is -2.27. The number of Topliss-reactive ketones (excluding diaryl/α,β-unsaturated/α-hetero) is 1. The third kappa shape index (κ3) is 2.81. The van der Waals surface area contributed by atoms with E-state index in [1.807, 2.05) is 31.2 Å². The van der Waals surface area contributed by atoms with E-state index < -0.39 is 0 Å². The fourth-order valence-electron chi connectivity index (χ4n) is 2.96. The zero-order chi connectivity index (χ0) is 13.7. The zero-order valence-electron chi connectivity index (χ0n) is 11.9. The van der Waals surface area contributed by atoms with Gasteiger partial charge in [-0.25, -0.2) is 0 Å². The first kappa shape index (κ1) is 14.1. The first-order valence-electron chi connectivity index (χ1n) is 7.21. The highest BCUT2D eigenvalue weighted by molar-refractivity contribution is 6.03. The van der Waals surface area contributed by atoms with Gasteiger partial charge in [0.2, 0.25) is 0 Å². The van der Waals surface area contributed by atoms with Crippen LogP contribution in [0.25, 0.3) is 0 Å². The van der Waals surface area contributed by atoms with Crippen molar-refractivity contribution in [2.24, 2.45) is 5.41 Å². The van der Waals surface area contributed by atoms with Crippen LogP contribution in [0.5, 0.6) is 5.75 Å². The number of hydrogen-bond donors (Lipinski definition) is 1. The van der Waals surface area contributed by atoms with E-state index in [-0.39, 0.29) is 11.2 Å². The molecule has 1 saturated heterocycles. The Kier molecular flexibility index (Phi) is 4.59. The zero-order valence-corrected chi connectivity index (χ0v) is 11.9. The minimum absolute atomic E-state index is 0.234. The lowest BCUT2D eigenvalue weighted by molar-refractivity contribution is 0.0797. The molecule has 0 aromatic heterocycles. The van der Waals surface area contributed by atoms with E-state index in [9.17, 15) is 4.79 Å². The second kappa shape index (κ2) is 6.20. The summed E-state index contributed by atoms with van der Waals surface area (Å²) in [7, 11) is 0. The maximum Gasteiger partial charge on any atom is 0.174 e. The van der Waals surface area contributed by atoms with Crippen LogP contribution in [0.4, 0.5) is 0 Å². The third-order valence-electron chi connectivity index (χ3n) is 3.89. The van der Waals surface area contributed by atoms with E-state index in [2.05, 4.69) is 12.2 Å². The predicted octanol–water partition coefficient (Wildman–Crippen LogP) is 3.05. The van der Waals surface area contributed by atoms with Crippen molar-refractivity contribution in [2.45, 2.75) is 33.1 Å². The van der Waals surface area contributed by atoms with E-state index in [4.69, 9.17) is 4.74 Å². The number of para-hydroxylation sites is 1. The summed E-state index contributed by atoms with van der Waals surface area (Å²) in [5, 5.41) is 3.34. The van der Waals surface area contributed by atoms with Crippen molar-refractivity contribution in [3.63, 3.8) is 0 Å². The molecule has 0 bridgehead atoms. The fraction of sp³-hybridized carbons (Fsp3) is 0.562. The summed E-state index contributed by atoms with van der Waals surface area (Å²) >= 11 is 0. The largest absolute Gasteiger partial charge is 0.493 e. The lowest BCUT2D eigenvalue weighted by Crippen LogP contribution is -2.33. The van der Waals surface area contributed by atoms with Gasteiger partial charge < -0.3 is 10.1 Å². The molecule has 0 saturated carbocycles. The van der Waals surface area contributed by atoms with Crippen LogP contribution in [0.1, 0.15) is 43.5 Å². The Bertz CT molecular complexity index is 436. The molecule has 2 rings (SSSR count). The summed E-state index contributed by atoms with van der Waals surface area (Å²) in [6.07, 6.45) is 2.91. The van der Waals surface area contributed by atoms with Crippen LogP contribution in [0.2, 0.25) is 0 Å². The molecule has 0 radical (unpaired) electrons. The third-order valence-corrected chi connectivity index (χ3v) is 3.89. The van der Waals surface area contributed by atoms with Crippen LogP contribution in [-0.2, 0) is 0 Å². The van der Waals surface area contributed by atoms with Gasteiger partial charge >= 0.3 is 0 Å². The summed E-state index contributed by atoms with van der Waals surface area (Å²) in [4.78, 5) is 12.9. The number of rotatable bonds is 6. The Morgan fingerprint density at radius 3 is 2.79 bits per heavy atom. The molecule has 0 spiro atoms. The highest BCUT2D eigenvalue weighted by atomic mass is 16.5. The predicted molar refractivity (Wildman–Crippen MR) is 76.8 cm³/mol. The average molecular weight is 261 g/mol. The molecule has 1 heterocycles. The smallest absolute Gasteiger partial charge is 0.174 e. The van der Waals surface area contributed by atoms with Crippen molar-refractivity contribution >= 4 is 5.78 Å². The first-order chi connectivity index (χ1) is 9.23. The molecule has 1 atom stereocenters. The Morgan fingerprint density at radius 2 is 2.16 bits per heavy atom. The lowest BCUT2D eigenvalue weighted by atomic mass is 9.76. The van der Waals surface area contributed by atoms with Crippen LogP contribution in [0.3, 0.4) is 0 Å². The number of benzene rings is 1. The van der Waals surface area contributed by atoms with Crippen molar-refractivity contribution in [1.29, 1.82) is 0 Å². The van der Waals surface area contributed by atoms with Gasteiger partial charge in [0.05, 0.1) is 12.2 Å². The topological polar surface area (TPSA) is 38.3 Å². The molecule has 3 nitrogen and oxygen atoms in total. The van der Waals surface area contributed by atoms with Crippen molar-refractivity contribution in [3.8, 4) is 5.75 Å². The van der Waals surface area contributed by atoms with Crippen LogP contribution >= 0.6 is 0 Å². The summed E-state index contributed by atoms with van der Waals surface area (Å²) < 4.78 is 5.60. The van der Waals surface area contributed by atoms with Gasteiger partial charge in [0, 0.05) is 12.0 Å². The van der Waals surface area contributed by atoms with Gasteiger partial charge in [-0.05, 0) is 38.4 Å². The van der Waals surface area contributed by atoms with E-state index in [1.165, 1.54) is 0 Å². The van der Waals surface area contributed by atoms with Gasteiger partial charge in [-0.1, -0.05) is 25.5 Å². The Morgan fingerprint density at radius 1 is 1.37 bits per heavy atom. The van der Waals surface area contributed by atoms with E-state index in [0.29, 0.717) is 6.61 Å². The molecule has 19 heavy (non-hydrogen) atoms. The summed E-state index contributed by atoms with van der Waals surface area (Å²) in [5.41, 5.74) is 0.503. The molecular formula is C16H23NO2. The summed E-state index contributed by atoms with van der Waals surface area (Å²) in [6, 6.07) is 7.61. The standard InChI is InChI=1S/C16H23NO2/c1-3-9-16(10-11-17-12-16)15(18)13-7-5-6-8-14(13)19-4-2/h5-8,17H,3-4,9-12H2,1-2H3. The van der Waals surface area contributed by atoms with Crippen LogP contribution in [0, 0.1) is 5.41 Å². The summed E-state index contributed by atoms with van der Waals surface area (Å²) in [6.45, 7) is 6.40. The molecule has 1 aromatic rings. The Balaban J connectivity index is 2.31. The maximum absolute atomic E-state index is 12.9. The number of carbonyl (C=O) groups is 1.